The summed E-state index contributed by atoms with van der Waals surface area (Å²) in [5.74, 6) is 0. The molecule has 0 heterocycles. The molecule has 0 amide bonds. The molecule has 0 atom stereocenters. The minimum atomic E-state index is 1.15. The minimum absolute atomic E-state index is 1.15. The molecule has 0 aliphatic heterocycles. The second kappa shape index (κ2) is 9.36. The first kappa shape index (κ1) is 15.8. The molecule has 2 rings (SSSR count). The van der Waals surface area contributed by atoms with Crippen molar-refractivity contribution >= 4 is 0 Å². The maximum absolute atomic E-state index is 3.46. The molecule has 112 valence electrons. The molecule has 0 saturated heterocycles. The van der Waals surface area contributed by atoms with Crippen LogP contribution in [0.25, 0.3) is 11.1 Å². The van der Waals surface area contributed by atoms with E-state index in [1.165, 1.54) is 55.3 Å². The van der Waals surface area contributed by atoms with E-state index in [0.29, 0.717) is 0 Å². The summed E-state index contributed by atoms with van der Waals surface area (Å²) >= 11 is 0. The van der Waals surface area contributed by atoms with Gasteiger partial charge in [0, 0.05) is 0 Å². The SMILES string of the molecule is CCCNCCCCCc1ccc(-c2ccccc2)cc1. The normalized spacial score (nSPS) is 10.7. The molecule has 1 heteroatoms. The van der Waals surface area contributed by atoms with Crippen LogP contribution in [0.2, 0.25) is 0 Å². The molecule has 0 bridgehead atoms. The van der Waals surface area contributed by atoms with Gasteiger partial charge in [0.25, 0.3) is 0 Å². The lowest BCUT2D eigenvalue weighted by Crippen LogP contribution is -2.15. The summed E-state index contributed by atoms with van der Waals surface area (Å²) in [7, 11) is 0. The van der Waals surface area contributed by atoms with Gasteiger partial charge in [0.15, 0.2) is 0 Å². The summed E-state index contributed by atoms with van der Waals surface area (Å²) in [5.41, 5.74) is 4.06. The number of rotatable bonds is 9. The van der Waals surface area contributed by atoms with Crippen molar-refractivity contribution in [3.63, 3.8) is 0 Å². The van der Waals surface area contributed by atoms with Crippen LogP contribution in [0.4, 0.5) is 0 Å². The zero-order chi connectivity index (χ0) is 14.8. The number of unbranched alkanes of at least 4 members (excludes halogenated alkanes) is 2. The van der Waals surface area contributed by atoms with Crippen molar-refractivity contribution in [1.29, 1.82) is 0 Å². The van der Waals surface area contributed by atoms with Crippen molar-refractivity contribution in [3.05, 3.63) is 60.2 Å². The van der Waals surface area contributed by atoms with E-state index >= 15 is 0 Å². The van der Waals surface area contributed by atoms with Crippen LogP contribution in [-0.4, -0.2) is 13.1 Å². The number of hydrogen-bond donors (Lipinski definition) is 1. The van der Waals surface area contributed by atoms with Crippen LogP contribution in [0.3, 0.4) is 0 Å². The molecule has 2 aromatic rings. The van der Waals surface area contributed by atoms with Crippen LogP contribution < -0.4 is 5.32 Å². The number of hydrogen-bond acceptors (Lipinski definition) is 1. The van der Waals surface area contributed by atoms with Crippen molar-refractivity contribution in [1.82, 2.24) is 5.32 Å². The maximum atomic E-state index is 3.46. The average Bonchev–Trinajstić information content (AvgIpc) is 2.55. The fraction of sp³-hybridized carbons (Fsp3) is 0.400. The molecular formula is C20H27N. The largest absolute Gasteiger partial charge is 0.317 e. The Morgan fingerprint density at radius 1 is 0.714 bits per heavy atom. The Bertz CT molecular complexity index is 487. The van der Waals surface area contributed by atoms with Gasteiger partial charge < -0.3 is 5.32 Å². The van der Waals surface area contributed by atoms with E-state index in [1.807, 2.05) is 0 Å². The van der Waals surface area contributed by atoms with Crippen LogP contribution in [-0.2, 0) is 6.42 Å². The molecule has 0 aromatic heterocycles. The lowest BCUT2D eigenvalue weighted by atomic mass is 10.0. The lowest BCUT2D eigenvalue weighted by molar-refractivity contribution is 0.599. The zero-order valence-corrected chi connectivity index (χ0v) is 13.1. The predicted molar refractivity (Wildman–Crippen MR) is 92.6 cm³/mol. The first-order valence-corrected chi connectivity index (χ1v) is 8.25. The molecule has 0 aliphatic rings. The first-order valence-electron chi connectivity index (χ1n) is 8.25. The van der Waals surface area contributed by atoms with Crippen molar-refractivity contribution < 1.29 is 0 Å². The van der Waals surface area contributed by atoms with Gasteiger partial charge in [-0.25, -0.2) is 0 Å². The standard InChI is InChI=1S/C20H27N/c1-2-16-21-17-8-4-5-9-18-12-14-20(15-13-18)19-10-6-3-7-11-19/h3,6-7,10-15,21H,2,4-5,8-9,16-17H2,1H3. The lowest BCUT2D eigenvalue weighted by Gasteiger charge is -2.05. The summed E-state index contributed by atoms with van der Waals surface area (Å²) in [6, 6.07) is 19.6. The van der Waals surface area contributed by atoms with E-state index in [1.54, 1.807) is 0 Å². The summed E-state index contributed by atoms with van der Waals surface area (Å²) in [6.07, 6.45) is 6.33. The minimum Gasteiger partial charge on any atom is -0.317 e. The second-order valence-corrected chi connectivity index (χ2v) is 5.62. The van der Waals surface area contributed by atoms with E-state index in [9.17, 15) is 0 Å². The Morgan fingerprint density at radius 2 is 1.43 bits per heavy atom. The fourth-order valence-corrected chi connectivity index (χ4v) is 2.55. The third-order valence-corrected chi connectivity index (χ3v) is 3.81. The number of aryl methyl sites for hydroxylation is 1. The first-order chi connectivity index (χ1) is 10.4. The van der Waals surface area contributed by atoms with Gasteiger partial charge >= 0.3 is 0 Å². The topological polar surface area (TPSA) is 12.0 Å². The molecule has 0 unspecified atom stereocenters. The molecular weight excluding hydrogens is 254 g/mol. The third kappa shape index (κ3) is 5.73. The van der Waals surface area contributed by atoms with Crippen molar-refractivity contribution in [2.45, 2.75) is 39.0 Å². The zero-order valence-electron chi connectivity index (χ0n) is 13.1. The van der Waals surface area contributed by atoms with Crippen LogP contribution in [0.1, 0.15) is 38.2 Å². The van der Waals surface area contributed by atoms with Gasteiger partial charge in [0.2, 0.25) is 0 Å². The predicted octanol–water partition coefficient (Wildman–Crippen LogP) is 5.07. The Hall–Kier alpha value is -1.60. The van der Waals surface area contributed by atoms with E-state index in [-0.39, 0.29) is 0 Å². The highest BCUT2D eigenvalue weighted by Gasteiger charge is 1.98. The third-order valence-electron chi connectivity index (χ3n) is 3.81. The summed E-state index contributed by atoms with van der Waals surface area (Å²) in [6.45, 7) is 4.54. The van der Waals surface area contributed by atoms with E-state index in [2.05, 4.69) is 66.8 Å². The molecule has 1 N–H and O–H groups in total. The Labute approximate surface area is 129 Å². The van der Waals surface area contributed by atoms with Crippen LogP contribution in [0.5, 0.6) is 0 Å². The summed E-state index contributed by atoms with van der Waals surface area (Å²) in [5, 5.41) is 3.46. The fourth-order valence-electron chi connectivity index (χ4n) is 2.55. The smallest absolute Gasteiger partial charge is 0.00489 e. The number of benzene rings is 2. The summed E-state index contributed by atoms with van der Waals surface area (Å²) in [4.78, 5) is 0. The molecule has 1 nitrogen and oxygen atoms in total. The second-order valence-electron chi connectivity index (χ2n) is 5.62. The van der Waals surface area contributed by atoms with Gasteiger partial charge in [-0.3, -0.25) is 0 Å². The monoisotopic (exact) mass is 281 g/mol. The van der Waals surface area contributed by atoms with Gasteiger partial charge in [-0.15, -0.1) is 0 Å². The van der Waals surface area contributed by atoms with Gasteiger partial charge in [-0.2, -0.15) is 0 Å². The van der Waals surface area contributed by atoms with Crippen LogP contribution >= 0.6 is 0 Å². The highest BCUT2D eigenvalue weighted by molar-refractivity contribution is 5.63. The molecule has 0 spiro atoms. The quantitative estimate of drug-likeness (QED) is 0.633. The Morgan fingerprint density at radius 3 is 2.14 bits per heavy atom. The van der Waals surface area contributed by atoms with Crippen molar-refractivity contribution in [3.8, 4) is 11.1 Å². The highest BCUT2D eigenvalue weighted by atomic mass is 14.8. The van der Waals surface area contributed by atoms with E-state index < -0.39 is 0 Å². The van der Waals surface area contributed by atoms with Gasteiger partial charge in [0.05, 0.1) is 0 Å². The van der Waals surface area contributed by atoms with Crippen LogP contribution in [0, 0.1) is 0 Å². The maximum Gasteiger partial charge on any atom is -0.00489 e. The van der Waals surface area contributed by atoms with Crippen molar-refractivity contribution in [2.24, 2.45) is 0 Å². The molecule has 0 aliphatic carbocycles. The molecule has 21 heavy (non-hydrogen) atoms. The van der Waals surface area contributed by atoms with Crippen molar-refractivity contribution in [2.75, 3.05) is 13.1 Å². The van der Waals surface area contributed by atoms with Gasteiger partial charge in [0.1, 0.15) is 0 Å². The molecule has 0 fully saturated rings. The highest BCUT2D eigenvalue weighted by Crippen LogP contribution is 2.19. The van der Waals surface area contributed by atoms with Crippen LogP contribution in [0.15, 0.2) is 54.6 Å². The summed E-state index contributed by atoms with van der Waals surface area (Å²) < 4.78 is 0. The average molecular weight is 281 g/mol. The number of nitrogens with one attached hydrogen (secondary N) is 1. The van der Waals surface area contributed by atoms with E-state index in [0.717, 1.165) is 6.54 Å². The molecule has 0 saturated carbocycles. The van der Waals surface area contributed by atoms with Gasteiger partial charge in [-0.1, -0.05) is 67.9 Å². The molecule has 0 radical (unpaired) electrons. The Kier molecular flexibility index (Phi) is 7.03. The van der Waals surface area contributed by atoms with Gasteiger partial charge in [-0.05, 0) is 55.5 Å². The Balaban J connectivity index is 1.71. The molecule has 2 aromatic carbocycles. The van der Waals surface area contributed by atoms with E-state index in [4.69, 9.17) is 0 Å².